The monoisotopic (exact) mass is 515 g/mol. The molecule has 3 amide bonds. The van der Waals surface area contributed by atoms with Crippen LogP contribution in [0.25, 0.3) is 0 Å². The highest BCUT2D eigenvalue weighted by Crippen LogP contribution is 2.29. The standard InChI is InChI=1S/C30H49N3O4/c1-9-10-19-33(28(35)25(20(2)3)32-29(36)37-30(6,7)8)26(24-18-14-15-21(4)22(24)5)27(34)31-23-16-12-11-13-17-23/h14-15,18,20,23,25-26H,9-13,16-17,19H2,1-8H3,(H,31,34)(H,32,36). The molecule has 0 radical (unpaired) electrons. The molecule has 1 aliphatic rings. The molecule has 1 fully saturated rings. The molecule has 37 heavy (non-hydrogen) atoms. The maximum Gasteiger partial charge on any atom is 0.408 e. The molecule has 0 bridgehead atoms. The van der Waals surface area contributed by atoms with Gasteiger partial charge in [-0.15, -0.1) is 0 Å². The van der Waals surface area contributed by atoms with Gasteiger partial charge in [0.25, 0.3) is 0 Å². The normalized spacial score (nSPS) is 16.1. The summed E-state index contributed by atoms with van der Waals surface area (Å²) in [4.78, 5) is 42.5. The van der Waals surface area contributed by atoms with Crippen LogP contribution in [-0.4, -0.2) is 47.0 Å². The first-order valence-electron chi connectivity index (χ1n) is 14.0. The molecule has 1 aliphatic carbocycles. The van der Waals surface area contributed by atoms with Crippen molar-refractivity contribution in [1.82, 2.24) is 15.5 Å². The van der Waals surface area contributed by atoms with Gasteiger partial charge in [-0.05, 0) is 76.5 Å². The lowest BCUT2D eigenvalue weighted by Crippen LogP contribution is -2.55. The van der Waals surface area contributed by atoms with Gasteiger partial charge in [0.15, 0.2) is 0 Å². The van der Waals surface area contributed by atoms with E-state index in [4.69, 9.17) is 4.74 Å². The number of carbonyl (C=O) groups excluding carboxylic acids is 3. The van der Waals surface area contributed by atoms with Gasteiger partial charge >= 0.3 is 6.09 Å². The van der Waals surface area contributed by atoms with E-state index in [0.717, 1.165) is 55.2 Å². The molecule has 2 unspecified atom stereocenters. The summed E-state index contributed by atoms with van der Waals surface area (Å²) >= 11 is 0. The molecule has 1 aromatic rings. The number of carbonyl (C=O) groups is 3. The van der Waals surface area contributed by atoms with E-state index in [9.17, 15) is 14.4 Å². The Morgan fingerprint density at radius 3 is 2.30 bits per heavy atom. The van der Waals surface area contributed by atoms with Gasteiger partial charge in [0.05, 0.1) is 0 Å². The molecular weight excluding hydrogens is 466 g/mol. The second-order valence-corrected chi connectivity index (χ2v) is 11.8. The zero-order valence-corrected chi connectivity index (χ0v) is 24.3. The minimum Gasteiger partial charge on any atom is -0.444 e. The van der Waals surface area contributed by atoms with Gasteiger partial charge in [0, 0.05) is 12.6 Å². The fourth-order valence-electron chi connectivity index (χ4n) is 4.87. The average Bonchev–Trinajstić information content (AvgIpc) is 2.81. The fourth-order valence-corrected chi connectivity index (χ4v) is 4.87. The Hall–Kier alpha value is -2.57. The van der Waals surface area contributed by atoms with Crippen LogP contribution in [0.2, 0.25) is 0 Å². The smallest absolute Gasteiger partial charge is 0.408 e. The number of unbranched alkanes of at least 4 members (excludes halogenated alkanes) is 1. The molecule has 1 saturated carbocycles. The topological polar surface area (TPSA) is 87.7 Å². The summed E-state index contributed by atoms with van der Waals surface area (Å²) in [6.45, 7) is 15.7. The Morgan fingerprint density at radius 1 is 1.08 bits per heavy atom. The minimum absolute atomic E-state index is 0.123. The molecule has 7 heteroatoms. The van der Waals surface area contributed by atoms with Crippen LogP contribution in [0.1, 0.15) is 109 Å². The zero-order chi connectivity index (χ0) is 27.8. The van der Waals surface area contributed by atoms with Gasteiger partial charge in [-0.2, -0.15) is 0 Å². The van der Waals surface area contributed by atoms with Crippen molar-refractivity contribution >= 4 is 17.9 Å². The van der Waals surface area contributed by atoms with Crippen molar-refractivity contribution in [2.75, 3.05) is 6.54 Å². The van der Waals surface area contributed by atoms with Gasteiger partial charge in [-0.3, -0.25) is 9.59 Å². The Labute approximate surface area is 224 Å². The summed E-state index contributed by atoms with van der Waals surface area (Å²) in [7, 11) is 0. The summed E-state index contributed by atoms with van der Waals surface area (Å²) in [6, 6.07) is 4.45. The highest BCUT2D eigenvalue weighted by Gasteiger charge is 2.38. The number of hydrogen-bond acceptors (Lipinski definition) is 4. The van der Waals surface area contributed by atoms with Crippen LogP contribution in [-0.2, 0) is 14.3 Å². The van der Waals surface area contributed by atoms with Crippen LogP contribution < -0.4 is 10.6 Å². The molecule has 7 nitrogen and oxygen atoms in total. The summed E-state index contributed by atoms with van der Waals surface area (Å²) in [5.41, 5.74) is 2.22. The highest BCUT2D eigenvalue weighted by atomic mass is 16.6. The largest absolute Gasteiger partial charge is 0.444 e. The Kier molecular flexibility index (Phi) is 11.5. The van der Waals surface area contributed by atoms with Gasteiger partial charge < -0.3 is 20.3 Å². The molecule has 2 atom stereocenters. The first kappa shape index (κ1) is 30.7. The molecule has 2 N–H and O–H groups in total. The molecule has 1 aromatic carbocycles. The van der Waals surface area contributed by atoms with Crippen LogP contribution in [0.5, 0.6) is 0 Å². The molecule has 0 aliphatic heterocycles. The van der Waals surface area contributed by atoms with E-state index in [0.29, 0.717) is 6.54 Å². The van der Waals surface area contributed by atoms with Crippen molar-refractivity contribution in [3.05, 3.63) is 34.9 Å². The van der Waals surface area contributed by atoms with Crippen LogP contribution in [0.3, 0.4) is 0 Å². The lowest BCUT2D eigenvalue weighted by molar-refractivity contribution is -0.143. The van der Waals surface area contributed by atoms with Crippen LogP contribution in [0, 0.1) is 19.8 Å². The number of aryl methyl sites for hydroxylation is 1. The Bertz CT molecular complexity index is 916. The number of hydrogen-bond donors (Lipinski definition) is 2. The van der Waals surface area contributed by atoms with Crippen LogP contribution in [0.15, 0.2) is 18.2 Å². The molecule has 2 rings (SSSR count). The number of amides is 3. The predicted octanol–water partition coefficient (Wildman–Crippen LogP) is 5.97. The van der Waals surface area contributed by atoms with Crippen molar-refractivity contribution in [2.45, 2.75) is 124 Å². The number of ether oxygens (including phenoxy) is 1. The fraction of sp³-hybridized carbons (Fsp3) is 0.700. The quantitative estimate of drug-likeness (QED) is 0.402. The van der Waals surface area contributed by atoms with E-state index in [-0.39, 0.29) is 23.8 Å². The number of nitrogens with one attached hydrogen (secondary N) is 2. The summed E-state index contributed by atoms with van der Waals surface area (Å²) in [5, 5.41) is 6.07. The third kappa shape index (κ3) is 9.04. The molecular formula is C30H49N3O4. The van der Waals surface area contributed by atoms with Crippen molar-refractivity contribution in [3.8, 4) is 0 Å². The Morgan fingerprint density at radius 2 is 1.73 bits per heavy atom. The van der Waals surface area contributed by atoms with E-state index >= 15 is 0 Å². The number of rotatable bonds is 10. The molecule has 0 spiro atoms. The van der Waals surface area contributed by atoms with Crippen LogP contribution >= 0.6 is 0 Å². The van der Waals surface area contributed by atoms with Crippen molar-refractivity contribution in [3.63, 3.8) is 0 Å². The van der Waals surface area contributed by atoms with E-state index in [2.05, 4.69) is 17.6 Å². The maximum absolute atomic E-state index is 14.2. The maximum atomic E-state index is 14.2. The third-order valence-corrected chi connectivity index (χ3v) is 7.09. The third-order valence-electron chi connectivity index (χ3n) is 7.09. The number of nitrogens with zero attached hydrogens (tertiary/aromatic N) is 1. The summed E-state index contributed by atoms with van der Waals surface area (Å²) in [6.07, 6.45) is 6.32. The zero-order valence-electron chi connectivity index (χ0n) is 24.3. The van der Waals surface area contributed by atoms with Crippen molar-refractivity contribution in [2.24, 2.45) is 5.92 Å². The predicted molar refractivity (Wildman–Crippen MR) is 148 cm³/mol. The van der Waals surface area contributed by atoms with Gasteiger partial charge in [-0.1, -0.05) is 64.7 Å². The van der Waals surface area contributed by atoms with Crippen molar-refractivity contribution in [1.29, 1.82) is 0 Å². The Balaban J connectivity index is 2.49. The van der Waals surface area contributed by atoms with Crippen molar-refractivity contribution < 1.29 is 19.1 Å². The summed E-state index contributed by atoms with van der Waals surface area (Å²) < 4.78 is 5.46. The molecule has 208 valence electrons. The lowest BCUT2D eigenvalue weighted by Gasteiger charge is -2.37. The minimum atomic E-state index is -0.818. The second kappa shape index (κ2) is 13.8. The van der Waals surface area contributed by atoms with E-state index in [1.165, 1.54) is 6.42 Å². The van der Waals surface area contributed by atoms with E-state index < -0.39 is 23.8 Å². The highest BCUT2D eigenvalue weighted by molar-refractivity contribution is 5.92. The lowest BCUT2D eigenvalue weighted by atomic mass is 9.92. The van der Waals surface area contributed by atoms with E-state index in [1.807, 2.05) is 45.9 Å². The second-order valence-electron chi connectivity index (χ2n) is 11.8. The van der Waals surface area contributed by atoms with Gasteiger partial charge in [-0.25, -0.2) is 4.79 Å². The van der Waals surface area contributed by atoms with Gasteiger partial charge in [0.1, 0.15) is 17.7 Å². The van der Waals surface area contributed by atoms with Crippen LogP contribution in [0.4, 0.5) is 4.79 Å². The summed E-state index contributed by atoms with van der Waals surface area (Å²) in [5.74, 6) is -0.603. The van der Waals surface area contributed by atoms with E-state index in [1.54, 1.807) is 25.7 Å². The first-order valence-corrected chi connectivity index (χ1v) is 14.0. The SMILES string of the molecule is CCCCN(C(=O)C(NC(=O)OC(C)(C)C)C(C)C)C(C(=O)NC1CCCCC1)c1cccc(C)c1C. The number of alkyl carbamates (subject to hydrolysis) is 1. The molecule has 0 aromatic heterocycles. The molecule has 0 heterocycles. The molecule has 0 saturated heterocycles. The van der Waals surface area contributed by atoms with Gasteiger partial charge in [0.2, 0.25) is 11.8 Å². The number of benzene rings is 1. The average molecular weight is 516 g/mol. The first-order chi connectivity index (χ1) is 17.4.